The van der Waals surface area contributed by atoms with Crippen LogP contribution in [0.3, 0.4) is 0 Å². The molecule has 2 aliphatic rings. The molecule has 0 N–H and O–H groups in total. The summed E-state index contributed by atoms with van der Waals surface area (Å²) in [6, 6.07) is 5.90. The lowest BCUT2D eigenvalue weighted by atomic mass is 10.3. The highest BCUT2D eigenvalue weighted by atomic mass is 28.3. The Balaban J connectivity index is 2.08. The number of rotatable bonds is 0. The Morgan fingerprint density at radius 2 is 1.45 bits per heavy atom. The molecule has 0 saturated carbocycles. The Morgan fingerprint density at radius 1 is 1.00 bits per heavy atom. The Kier molecular flexibility index (Phi) is 1.57. The van der Waals surface area contributed by atoms with Crippen LogP contribution in [0.1, 0.15) is 13.8 Å². The molecule has 0 aromatic carbocycles. The molecule has 0 fully saturated rings. The van der Waals surface area contributed by atoms with Crippen LogP contribution in [0, 0.1) is 0 Å². The summed E-state index contributed by atoms with van der Waals surface area (Å²) < 4.78 is 0. The molecule has 1 heteroatoms. The summed E-state index contributed by atoms with van der Waals surface area (Å²) in [5.74, 6) is 0. The SMILES string of the molecule is CC1=CC[Si]2(CC=C(C)C2)C1. The van der Waals surface area contributed by atoms with Crippen molar-refractivity contribution in [2.75, 3.05) is 0 Å². The molecular weight excluding hydrogens is 148 g/mol. The van der Waals surface area contributed by atoms with E-state index in [1.807, 2.05) is 0 Å². The molecule has 0 bridgehead atoms. The maximum Gasteiger partial charge on any atom is 0.0691 e. The molecule has 0 aliphatic carbocycles. The van der Waals surface area contributed by atoms with Crippen LogP contribution in [0.5, 0.6) is 0 Å². The topological polar surface area (TPSA) is 0 Å². The van der Waals surface area contributed by atoms with Gasteiger partial charge in [0.15, 0.2) is 0 Å². The van der Waals surface area contributed by atoms with Crippen LogP contribution in [0.2, 0.25) is 24.2 Å². The summed E-state index contributed by atoms with van der Waals surface area (Å²) in [5, 5.41) is 0. The fourth-order valence-corrected chi connectivity index (χ4v) is 7.63. The molecule has 0 radical (unpaired) electrons. The van der Waals surface area contributed by atoms with Gasteiger partial charge < -0.3 is 0 Å². The van der Waals surface area contributed by atoms with Crippen LogP contribution < -0.4 is 0 Å². The van der Waals surface area contributed by atoms with E-state index in [2.05, 4.69) is 26.0 Å². The molecule has 0 amide bonds. The molecule has 0 saturated heterocycles. The first-order valence-electron chi connectivity index (χ1n) is 4.52. The van der Waals surface area contributed by atoms with E-state index < -0.39 is 8.07 Å². The van der Waals surface area contributed by atoms with Crippen molar-refractivity contribution in [1.29, 1.82) is 0 Å². The lowest BCUT2D eigenvalue weighted by molar-refractivity contribution is 1.30. The Hall–Kier alpha value is -0.303. The van der Waals surface area contributed by atoms with Crippen molar-refractivity contribution < 1.29 is 0 Å². The summed E-state index contributed by atoms with van der Waals surface area (Å²) >= 11 is 0. The Morgan fingerprint density at radius 3 is 1.73 bits per heavy atom. The van der Waals surface area contributed by atoms with Crippen LogP contribution in [-0.2, 0) is 0 Å². The second kappa shape index (κ2) is 2.34. The van der Waals surface area contributed by atoms with Gasteiger partial charge in [0.25, 0.3) is 0 Å². The van der Waals surface area contributed by atoms with E-state index in [9.17, 15) is 0 Å². The molecule has 2 heterocycles. The van der Waals surface area contributed by atoms with Crippen molar-refractivity contribution in [1.82, 2.24) is 0 Å². The normalized spacial score (nSPS) is 27.5. The van der Waals surface area contributed by atoms with E-state index in [4.69, 9.17) is 0 Å². The van der Waals surface area contributed by atoms with E-state index in [0.717, 1.165) is 0 Å². The minimum absolute atomic E-state index is 0.780. The molecule has 11 heavy (non-hydrogen) atoms. The summed E-state index contributed by atoms with van der Waals surface area (Å²) in [5.41, 5.74) is 3.33. The highest BCUT2D eigenvalue weighted by Crippen LogP contribution is 2.42. The smallest absolute Gasteiger partial charge is 0.0691 e. The van der Waals surface area contributed by atoms with E-state index >= 15 is 0 Å². The van der Waals surface area contributed by atoms with Crippen LogP contribution in [0.15, 0.2) is 23.3 Å². The quantitative estimate of drug-likeness (QED) is 0.380. The van der Waals surface area contributed by atoms with Crippen LogP contribution in [0.4, 0.5) is 0 Å². The fraction of sp³-hybridized carbons (Fsp3) is 0.600. The fourth-order valence-electron chi connectivity index (χ4n) is 2.54. The maximum atomic E-state index is 2.48. The van der Waals surface area contributed by atoms with Crippen molar-refractivity contribution in [2.45, 2.75) is 38.0 Å². The van der Waals surface area contributed by atoms with Crippen molar-refractivity contribution in [3.8, 4) is 0 Å². The highest BCUT2D eigenvalue weighted by Gasteiger charge is 2.37. The minimum Gasteiger partial charge on any atom is -0.0885 e. The first-order valence-corrected chi connectivity index (χ1v) is 7.34. The standard InChI is InChI=1S/C10H16Si/c1-9-3-5-11(7-9)6-4-10(2)8-11/h3-4H,5-8H2,1-2H3. The van der Waals surface area contributed by atoms with E-state index in [-0.39, 0.29) is 0 Å². The molecule has 2 rings (SSSR count). The molecular formula is C10H16Si. The van der Waals surface area contributed by atoms with Gasteiger partial charge in [0.2, 0.25) is 0 Å². The number of hydrogen-bond acceptors (Lipinski definition) is 0. The predicted octanol–water partition coefficient (Wildman–Crippen LogP) is 3.36. The summed E-state index contributed by atoms with van der Waals surface area (Å²) in [6.07, 6.45) is 4.97. The van der Waals surface area contributed by atoms with E-state index in [1.54, 1.807) is 11.1 Å². The first-order chi connectivity index (χ1) is 5.20. The molecule has 0 atom stereocenters. The van der Waals surface area contributed by atoms with Gasteiger partial charge in [-0.1, -0.05) is 23.3 Å². The molecule has 0 unspecified atom stereocenters. The zero-order valence-corrected chi connectivity index (χ0v) is 8.48. The first kappa shape index (κ1) is 7.35. The van der Waals surface area contributed by atoms with Crippen molar-refractivity contribution >= 4 is 8.07 Å². The summed E-state index contributed by atoms with van der Waals surface area (Å²) in [4.78, 5) is 0. The maximum absolute atomic E-state index is 2.48. The van der Waals surface area contributed by atoms with Crippen molar-refractivity contribution in [3.05, 3.63) is 23.3 Å². The highest BCUT2D eigenvalue weighted by molar-refractivity contribution is 6.83. The Bertz CT molecular complexity index is 209. The molecule has 1 spiro atoms. The average molecular weight is 164 g/mol. The third kappa shape index (κ3) is 1.22. The molecule has 2 aliphatic heterocycles. The van der Waals surface area contributed by atoms with Gasteiger partial charge in [-0.25, -0.2) is 0 Å². The second-order valence-corrected chi connectivity index (χ2v) is 8.89. The third-order valence-electron chi connectivity index (χ3n) is 3.07. The van der Waals surface area contributed by atoms with Gasteiger partial charge in [0.05, 0.1) is 8.07 Å². The van der Waals surface area contributed by atoms with Gasteiger partial charge in [-0.3, -0.25) is 0 Å². The van der Waals surface area contributed by atoms with Crippen LogP contribution >= 0.6 is 0 Å². The van der Waals surface area contributed by atoms with E-state index in [1.165, 1.54) is 24.2 Å². The largest absolute Gasteiger partial charge is 0.0885 e. The zero-order chi connectivity index (χ0) is 7.90. The lowest BCUT2D eigenvalue weighted by Crippen LogP contribution is -2.26. The second-order valence-electron chi connectivity index (χ2n) is 4.36. The van der Waals surface area contributed by atoms with Crippen LogP contribution in [-0.4, -0.2) is 8.07 Å². The van der Waals surface area contributed by atoms with Crippen molar-refractivity contribution in [3.63, 3.8) is 0 Å². The van der Waals surface area contributed by atoms with Gasteiger partial charge in [-0.2, -0.15) is 0 Å². The zero-order valence-electron chi connectivity index (χ0n) is 7.48. The summed E-state index contributed by atoms with van der Waals surface area (Å²) in [7, 11) is -0.780. The van der Waals surface area contributed by atoms with Gasteiger partial charge in [0.1, 0.15) is 0 Å². The molecule has 60 valence electrons. The minimum atomic E-state index is -0.780. The average Bonchev–Trinajstić information content (AvgIpc) is 2.44. The molecule has 0 aromatic heterocycles. The molecule has 0 aromatic rings. The van der Waals surface area contributed by atoms with Gasteiger partial charge in [-0.15, -0.1) is 0 Å². The predicted molar refractivity (Wildman–Crippen MR) is 52.5 cm³/mol. The Labute approximate surface area is 70.0 Å². The van der Waals surface area contributed by atoms with Gasteiger partial charge >= 0.3 is 0 Å². The van der Waals surface area contributed by atoms with Crippen LogP contribution in [0.25, 0.3) is 0 Å². The van der Waals surface area contributed by atoms with Gasteiger partial charge in [0, 0.05) is 0 Å². The monoisotopic (exact) mass is 164 g/mol. The van der Waals surface area contributed by atoms with Crippen molar-refractivity contribution in [2.24, 2.45) is 0 Å². The van der Waals surface area contributed by atoms with E-state index in [0.29, 0.717) is 0 Å². The molecule has 0 nitrogen and oxygen atoms in total. The number of hydrogen-bond donors (Lipinski definition) is 0. The number of allylic oxidation sites excluding steroid dienone is 4. The summed E-state index contributed by atoms with van der Waals surface area (Å²) in [6.45, 7) is 4.60. The third-order valence-corrected chi connectivity index (χ3v) is 7.83. The van der Waals surface area contributed by atoms with Gasteiger partial charge in [-0.05, 0) is 38.0 Å². The lowest BCUT2D eigenvalue weighted by Gasteiger charge is -2.20.